The van der Waals surface area contributed by atoms with E-state index in [-0.39, 0.29) is 61.4 Å². The Hall–Kier alpha value is -6.16. The van der Waals surface area contributed by atoms with Crippen LogP contribution in [0.2, 0.25) is 0 Å². The Morgan fingerprint density at radius 2 is 1.40 bits per heavy atom. The van der Waals surface area contributed by atoms with Gasteiger partial charge in [0.2, 0.25) is 11.8 Å². The van der Waals surface area contributed by atoms with E-state index in [2.05, 4.69) is 50.2 Å². The fourth-order valence-corrected chi connectivity index (χ4v) is 5.67. The number of imidazole rings is 2. The average Bonchev–Trinajstić information content (AvgIpc) is 3.82. The highest BCUT2D eigenvalue weighted by Gasteiger charge is 2.14. The zero-order valence-electron chi connectivity index (χ0n) is 30.1. The lowest BCUT2D eigenvalue weighted by atomic mass is 10.2. The van der Waals surface area contributed by atoms with Crippen molar-refractivity contribution in [3.63, 3.8) is 0 Å². The Labute approximate surface area is 337 Å². The van der Waals surface area contributed by atoms with Gasteiger partial charge in [0.05, 0.1) is 30.0 Å². The number of aliphatic hydroxyl groups excluding tert-OH is 2. The number of hydrogen-bond acceptors (Lipinski definition) is 11. The van der Waals surface area contributed by atoms with Crippen LogP contribution in [0.1, 0.15) is 11.1 Å². The topological polar surface area (TPSA) is 212 Å². The zero-order valence-corrected chi connectivity index (χ0v) is 32.5. The van der Waals surface area contributed by atoms with Gasteiger partial charge in [0.1, 0.15) is 42.5 Å². The molecule has 6 aromatic rings. The second kappa shape index (κ2) is 21.2. The summed E-state index contributed by atoms with van der Waals surface area (Å²) in [6.45, 7) is 17.1. The van der Waals surface area contributed by atoms with Gasteiger partial charge < -0.3 is 55.0 Å². The smallest absolute Gasteiger partial charge is 0.274 e. The van der Waals surface area contributed by atoms with Crippen molar-refractivity contribution in [2.24, 2.45) is 0 Å². The van der Waals surface area contributed by atoms with E-state index >= 15 is 0 Å². The zero-order chi connectivity index (χ0) is 41.5. The maximum Gasteiger partial charge on any atom is 0.274 e. The van der Waals surface area contributed by atoms with Crippen LogP contribution in [0, 0.1) is 43.4 Å². The summed E-state index contributed by atoms with van der Waals surface area (Å²) in [4.78, 5) is 51.2. The monoisotopic (exact) mass is 838 g/mol. The van der Waals surface area contributed by atoms with Crippen LogP contribution in [0.5, 0.6) is 11.5 Å². The lowest BCUT2D eigenvalue weighted by Crippen LogP contribution is -2.14. The minimum Gasteiger partial charge on any atom is -0.488 e. The van der Waals surface area contributed by atoms with Gasteiger partial charge in [0, 0.05) is 34.6 Å². The number of amides is 2. The number of rotatable bonds is 12. The molecular formula is C36H33ClF2N10O6S2. The number of aromatic amines is 3. The number of nitrogens with zero attached hydrogens (tertiary/aromatic N) is 5. The Kier molecular flexibility index (Phi) is 16.2. The normalized spacial score (nSPS) is 10.3. The van der Waals surface area contributed by atoms with Gasteiger partial charge in [-0.3, -0.25) is 9.59 Å². The first kappa shape index (κ1) is 43.6. The molecule has 7 N–H and O–H groups in total. The van der Waals surface area contributed by atoms with Crippen LogP contribution in [0.3, 0.4) is 0 Å². The number of thioether (sulfide) groups is 1. The second-order valence-electron chi connectivity index (χ2n) is 11.3. The summed E-state index contributed by atoms with van der Waals surface area (Å²) in [6.07, 6.45) is 3.15. The summed E-state index contributed by atoms with van der Waals surface area (Å²) in [5.41, 5.74) is 5.33. The quantitative estimate of drug-likeness (QED) is 0.0291. The van der Waals surface area contributed by atoms with E-state index in [1.165, 1.54) is 42.1 Å². The molecule has 0 saturated heterocycles. The van der Waals surface area contributed by atoms with Crippen LogP contribution < -0.4 is 20.1 Å². The molecule has 0 saturated carbocycles. The van der Waals surface area contributed by atoms with Gasteiger partial charge >= 0.3 is 0 Å². The number of pyridine rings is 2. The number of hydrogen-bond donors (Lipinski definition) is 7. The van der Waals surface area contributed by atoms with Crippen molar-refractivity contribution in [1.29, 1.82) is 0 Å². The SMILES string of the molecule is O=C(CCl)Nc1ccc(F)c(OCCO)c1.[C-]#[N+]c1ncc2[nH]c(=S)[nH]c2c1C.[C-]#[N+]c1ncc2[nH]c(SCC(=O)Nc3ccc(F)c(OCCO)c3)nc2c1C. The van der Waals surface area contributed by atoms with Gasteiger partial charge in [-0.05, 0) is 50.3 Å². The summed E-state index contributed by atoms with van der Waals surface area (Å²) in [6, 6.07) is 7.85. The highest BCUT2D eigenvalue weighted by molar-refractivity contribution is 7.99. The maximum atomic E-state index is 13.6. The number of anilines is 2. The van der Waals surface area contributed by atoms with Crippen LogP contribution in [0.15, 0.2) is 53.9 Å². The minimum absolute atomic E-state index is 0.0101. The average molecular weight is 839 g/mol. The first-order chi connectivity index (χ1) is 27.4. The van der Waals surface area contributed by atoms with Gasteiger partial charge in [-0.25, -0.2) is 13.8 Å². The van der Waals surface area contributed by atoms with Crippen LogP contribution >= 0.6 is 35.6 Å². The van der Waals surface area contributed by atoms with E-state index in [0.717, 1.165) is 22.7 Å². The molecular weight excluding hydrogens is 806 g/mol. The fraction of sp³-hybridized carbons (Fsp3) is 0.222. The molecule has 16 nitrogen and oxygen atoms in total. The molecule has 57 heavy (non-hydrogen) atoms. The number of alkyl halides is 1. The number of aryl methyl sites for hydroxylation is 2. The standard InChI is InChI=1S/C18H16FN5O3S.C10H11ClFNO3.C8H6N4S/c1-10-16-13(8-21-17(10)20-2)23-18(24-16)28-9-15(26)22-11-3-4-12(19)14(7-11)27-6-5-25;11-6-10(15)13-7-1-2-8(12)9(5-7)16-4-3-14;1-4-6-5(11-8(13)12-6)3-10-7(4)9-2/h3-4,7-8,25H,5-6,9H2,1H3,(H,22,26)(H,23,24);1-2,5,14H,3-4,6H2,(H,13,15);3H,1H3,(H2,11,12,13). The van der Waals surface area contributed by atoms with Crippen molar-refractivity contribution >= 4 is 92.5 Å². The number of benzene rings is 2. The van der Waals surface area contributed by atoms with Gasteiger partial charge in [-0.15, -0.1) is 21.6 Å². The fourth-order valence-electron chi connectivity index (χ4n) is 4.71. The number of aromatic nitrogens is 6. The number of nitrogens with one attached hydrogen (secondary N) is 5. The van der Waals surface area contributed by atoms with E-state index in [1.54, 1.807) is 19.3 Å². The highest BCUT2D eigenvalue weighted by atomic mass is 35.5. The molecule has 0 atom stereocenters. The summed E-state index contributed by atoms with van der Waals surface area (Å²) in [5.74, 6) is -1.29. The molecule has 2 amide bonds. The number of halogens is 3. The van der Waals surface area contributed by atoms with E-state index in [4.69, 9.17) is 56.6 Å². The van der Waals surface area contributed by atoms with E-state index in [1.807, 2.05) is 6.92 Å². The lowest BCUT2D eigenvalue weighted by Gasteiger charge is -2.09. The molecule has 0 spiro atoms. The third-order valence-electron chi connectivity index (χ3n) is 7.30. The number of H-pyrrole nitrogens is 3. The third-order valence-corrected chi connectivity index (χ3v) is 8.62. The molecule has 0 bridgehead atoms. The summed E-state index contributed by atoms with van der Waals surface area (Å²) >= 11 is 11.4. The lowest BCUT2D eigenvalue weighted by molar-refractivity contribution is -0.114. The van der Waals surface area contributed by atoms with Gasteiger partial charge in [-0.2, -0.15) is 0 Å². The predicted molar refractivity (Wildman–Crippen MR) is 214 cm³/mol. The molecule has 21 heteroatoms. The van der Waals surface area contributed by atoms with E-state index in [0.29, 0.717) is 49.5 Å². The first-order valence-corrected chi connectivity index (χ1v) is 18.4. The molecule has 2 aromatic carbocycles. The molecule has 4 aromatic heterocycles. The summed E-state index contributed by atoms with van der Waals surface area (Å²) < 4.78 is 37.4. The number of carbonyl (C=O) groups is 2. The van der Waals surface area contributed by atoms with Crippen molar-refractivity contribution in [3.05, 3.63) is 99.2 Å². The Bertz CT molecular complexity index is 2520. The number of fused-ring (bicyclic) bond motifs is 2. The number of carbonyl (C=O) groups excluding carboxylic acids is 2. The van der Waals surface area contributed by atoms with Crippen LogP contribution in [0.25, 0.3) is 31.8 Å². The maximum absolute atomic E-state index is 13.6. The minimum atomic E-state index is -0.578. The van der Waals surface area contributed by atoms with Crippen molar-refractivity contribution in [1.82, 2.24) is 29.9 Å². The van der Waals surface area contributed by atoms with Gasteiger partial charge in [0.15, 0.2) is 33.1 Å². The molecule has 6 rings (SSSR count). The van der Waals surface area contributed by atoms with Crippen molar-refractivity contribution in [2.45, 2.75) is 19.0 Å². The summed E-state index contributed by atoms with van der Waals surface area (Å²) in [7, 11) is 0. The van der Waals surface area contributed by atoms with Crippen molar-refractivity contribution in [2.75, 3.05) is 48.7 Å². The Morgan fingerprint density at radius 1 is 0.860 bits per heavy atom. The van der Waals surface area contributed by atoms with Crippen molar-refractivity contribution < 1.29 is 38.1 Å². The molecule has 4 heterocycles. The van der Waals surface area contributed by atoms with E-state index in [9.17, 15) is 18.4 Å². The predicted octanol–water partition coefficient (Wildman–Crippen LogP) is 6.91. The van der Waals surface area contributed by atoms with Crippen molar-refractivity contribution in [3.8, 4) is 11.5 Å². The van der Waals surface area contributed by atoms with E-state index < -0.39 is 11.6 Å². The van der Waals surface area contributed by atoms with Crippen LogP contribution in [0.4, 0.5) is 31.8 Å². The Morgan fingerprint density at radius 3 is 1.95 bits per heavy atom. The van der Waals surface area contributed by atoms with Crippen LogP contribution in [-0.4, -0.2) is 90.0 Å². The molecule has 0 aliphatic heterocycles. The number of ether oxygens (including phenoxy) is 2. The molecule has 0 aliphatic rings. The second-order valence-corrected chi connectivity index (χ2v) is 12.9. The van der Waals surface area contributed by atoms with Gasteiger partial charge in [-0.1, -0.05) is 24.9 Å². The molecule has 296 valence electrons. The third kappa shape index (κ3) is 12.2. The van der Waals surface area contributed by atoms with Crippen LogP contribution in [-0.2, 0) is 9.59 Å². The molecule has 0 aliphatic carbocycles. The highest BCUT2D eigenvalue weighted by Crippen LogP contribution is 2.27. The number of aliphatic hydroxyl groups is 2. The summed E-state index contributed by atoms with van der Waals surface area (Å²) in [5, 5.41) is 22.9. The molecule has 0 unspecified atom stereocenters. The Balaban J connectivity index is 0.000000209. The largest absolute Gasteiger partial charge is 0.488 e. The molecule has 0 radical (unpaired) electrons. The van der Waals surface area contributed by atoms with Gasteiger partial charge in [0.25, 0.3) is 11.6 Å². The first-order valence-electron chi connectivity index (χ1n) is 16.4. The molecule has 0 fully saturated rings.